The van der Waals surface area contributed by atoms with Crippen LogP contribution in [0.5, 0.6) is 0 Å². The first-order valence-corrected chi connectivity index (χ1v) is 9.26. The van der Waals surface area contributed by atoms with E-state index in [1.165, 1.54) is 11.8 Å². The van der Waals surface area contributed by atoms with Gasteiger partial charge in [0.2, 0.25) is 5.91 Å². The van der Waals surface area contributed by atoms with Crippen LogP contribution in [0.4, 0.5) is 0 Å². The van der Waals surface area contributed by atoms with Crippen LogP contribution in [0.15, 0.2) is 28.2 Å². The molecule has 2 aromatic rings. The Labute approximate surface area is 150 Å². The lowest BCUT2D eigenvalue weighted by Crippen LogP contribution is -2.36. The fourth-order valence-corrected chi connectivity index (χ4v) is 3.41. The molecule has 0 aliphatic heterocycles. The first-order valence-electron chi connectivity index (χ1n) is 8.00. The molecule has 1 heterocycles. The second-order valence-corrected chi connectivity index (χ2v) is 7.68. The van der Waals surface area contributed by atoms with E-state index in [4.69, 9.17) is 11.6 Å². The number of hydrogen-bond acceptors (Lipinski definition) is 4. The number of carbonyl (C=O) groups is 1. The van der Waals surface area contributed by atoms with Crippen molar-refractivity contribution in [3.05, 3.63) is 33.6 Å². The summed E-state index contributed by atoms with van der Waals surface area (Å²) < 4.78 is 1.64. The van der Waals surface area contributed by atoms with Gasteiger partial charge in [-0.1, -0.05) is 30.3 Å². The standard InChI is InChI=1S/C17H22ClN3O2S/c1-5-8-21-16(23)13-7-6-12(18)9-14(13)20-17(21)24-11(4)15(22)19-10(2)3/h6-7,9-11H,5,8H2,1-4H3,(H,19,22)/t11-/m1/s1. The van der Waals surface area contributed by atoms with Gasteiger partial charge in [0.25, 0.3) is 5.56 Å². The fraction of sp³-hybridized carbons (Fsp3) is 0.471. The van der Waals surface area contributed by atoms with Crippen molar-refractivity contribution in [2.75, 3.05) is 0 Å². The second kappa shape index (κ2) is 8.03. The van der Waals surface area contributed by atoms with Crippen LogP contribution in [-0.2, 0) is 11.3 Å². The zero-order chi connectivity index (χ0) is 17.9. The van der Waals surface area contributed by atoms with E-state index < -0.39 is 0 Å². The molecule has 0 bridgehead atoms. The van der Waals surface area contributed by atoms with Gasteiger partial charge in [0.05, 0.1) is 16.2 Å². The van der Waals surface area contributed by atoms with Gasteiger partial charge in [0.1, 0.15) is 0 Å². The summed E-state index contributed by atoms with van der Waals surface area (Å²) in [7, 11) is 0. The van der Waals surface area contributed by atoms with E-state index in [1.54, 1.807) is 22.8 Å². The third-order valence-electron chi connectivity index (χ3n) is 3.41. The highest BCUT2D eigenvalue weighted by Crippen LogP contribution is 2.24. The van der Waals surface area contributed by atoms with Crippen LogP contribution in [0.3, 0.4) is 0 Å². The summed E-state index contributed by atoms with van der Waals surface area (Å²) in [5.41, 5.74) is 0.455. The Morgan fingerprint density at radius 3 is 2.71 bits per heavy atom. The van der Waals surface area contributed by atoms with Crippen molar-refractivity contribution >= 4 is 40.2 Å². The summed E-state index contributed by atoms with van der Waals surface area (Å²) >= 11 is 7.31. The van der Waals surface area contributed by atoms with E-state index in [1.807, 2.05) is 27.7 Å². The molecular weight excluding hydrogens is 346 g/mol. The number of thioether (sulfide) groups is 1. The predicted molar refractivity (Wildman–Crippen MR) is 99.9 cm³/mol. The van der Waals surface area contributed by atoms with Crippen LogP contribution in [0, 0.1) is 0 Å². The Bertz CT molecular complexity index is 804. The van der Waals surface area contributed by atoms with Crippen LogP contribution in [0.1, 0.15) is 34.1 Å². The van der Waals surface area contributed by atoms with Gasteiger partial charge < -0.3 is 5.32 Å². The molecule has 2 rings (SSSR count). The van der Waals surface area contributed by atoms with E-state index >= 15 is 0 Å². The maximum Gasteiger partial charge on any atom is 0.262 e. The SMILES string of the molecule is CCCn1c(S[C@H](C)C(=O)NC(C)C)nc2cc(Cl)ccc2c1=O. The minimum absolute atomic E-state index is 0.0708. The monoisotopic (exact) mass is 367 g/mol. The number of halogens is 1. The lowest BCUT2D eigenvalue weighted by molar-refractivity contribution is -0.120. The summed E-state index contributed by atoms with van der Waals surface area (Å²) in [6, 6.07) is 5.14. The number of nitrogens with one attached hydrogen (secondary N) is 1. The van der Waals surface area contributed by atoms with Crippen LogP contribution < -0.4 is 10.9 Å². The summed E-state index contributed by atoms with van der Waals surface area (Å²) in [6.07, 6.45) is 0.806. The number of carbonyl (C=O) groups excluding carboxylic acids is 1. The molecule has 130 valence electrons. The predicted octanol–water partition coefficient (Wildman–Crippen LogP) is 3.47. The van der Waals surface area contributed by atoms with Crippen molar-refractivity contribution in [1.82, 2.24) is 14.9 Å². The van der Waals surface area contributed by atoms with Crippen LogP contribution >= 0.6 is 23.4 Å². The maximum atomic E-state index is 12.7. The number of fused-ring (bicyclic) bond motifs is 1. The van der Waals surface area contributed by atoms with Gasteiger partial charge in [0, 0.05) is 17.6 Å². The zero-order valence-electron chi connectivity index (χ0n) is 14.3. The molecule has 1 amide bonds. The van der Waals surface area contributed by atoms with Gasteiger partial charge in [-0.25, -0.2) is 4.98 Å². The largest absolute Gasteiger partial charge is 0.353 e. The quantitative estimate of drug-likeness (QED) is 0.627. The van der Waals surface area contributed by atoms with Crippen LogP contribution in [0.2, 0.25) is 5.02 Å². The van der Waals surface area contributed by atoms with Crippen molar-refractivity contribution in [2.45, 2.75) is 57.1 Å². The van der Waals surface area contributed by atoms with Crippen molar-refractivity contribution < 1.29 is 4.79 Å². The zero-order valence-corrected chi connectivity index (χ0v) is 15.9. The summed E-state index contributed by atoms with van der Waals surface area (Å²) in [5.74, 6) is -0.0708. The lowest BCUT2D eigenvalue weighted by Gasteiger charge is -2.17. The van der Waals surface area contributed by atoms with Crippen LogP contribution in [0.25, 0.3) is 10.9 Å². The minimum atomic E-state index is -0.348. The van der Waals surface area contributed by atoms with Crippen molar-refractivity contribution in [2.24, 2.45) is 0 Å². The van der Waals surface area contributed by atoms with Crippen molar-refractivity contribution in [3.8, 4) is 0 Å². The molecule has 0 aliphatic rings. The Hall–Kier alpha value is -1.53. The molecule has 1 aromatic carbocycles. The fourth-order valence-electron chi connectivity index (χ4n) is 2.30. The van der Waals surface area contributed by atoms with Gasteiger partial charge in [-0.15, -0.1) is 0 Å². The number of hydrogen-bond donors (Lipinski definition) is 1. The topological polar surface area (TPSA) is 64.0 Å². The molecule has 0 aliphatic carbocycles. The van der Waals surface area contributed by atoms with Crippen molar-refractivity contribution in [3.63, 3.8) is 0 Å². The van der Waals surface area contributed by atoms with Gasteiger partial charge in [-0.05, 0) is 45.4 Å². The van der Waals surface area contributed by atoms with E-state index in [-0.39, 0.29) is 22.8 Å². The number of rotatable bonds is 6. The van der Waals surface area contributed by atoms with E-state index in [2.05, 4.69) is 10.3 Å². The lowest BCUT2D eigenvalue weighted by atomic mass is 10.2. The van der Waals surface area contributed by atoms with Gasteiger partial charge >= 0.3 is 0 Å². The molecule has 24 heavy (non-hydrogen) atoms. The number of aromatic nitrogens is 2. The Balaban J connectivity index is 2.45. The van der Waals surface area contributed by atoms with Crippen molar-refractivity contribution in [1.29, 1.82) is 0 Å². The van der Waals surface area contributed by atoms with E-state index in [0.717, 1.165) is 6.42 Å². The molecule has 7 heteroatoms. The number of amides is 1. The average Bonchev–Trinajstić information content (AvgIpc) is 2.50. The molecule has 0 saturated heterocycles. The summed E-state index contributed by atoms with van der Waals surface area (Å²) in [6.45, 7) is 8.21. The normalized spacial score (nSPS) is 12.6. The Kier molecular flexibility index (Phi) is 6.29. The van der Waals surface area contributed by atoms with E-state index in [0.29, 0.717) is 27.6 Å². The maximum absolute atomic E-state index is 12.7. The highest BCUT2D eigenvalue weighted by atomic mass is 35.5. The molecule has 1 aromatic heterocycles. The molecule has 5 nitrogen and oxygen atoms in total. The smallest absolute Gasteiger partial charge is 0.262 e. The van der Waals surface area contributed by atoms with Crippen LogP contribution in [-0.4, -0.2) is 26.8 Å². The Morgan fingerprint density at radius 2 is 2.08 bits per heavy atom. The molecule has 0 spiro atoms. The first kappa shape index (κ1) is 18.8. The van der Waals surface area contributed by atoms with Gasteiger partial charge in [-0.3, -0.25) is 14.2 Å². The highest BCUT2D eigenvalue weighted by Gasteiger charge is 2.19. The van der Waals surface area contributed by atoms with Gasteiger partial charge in [-0.2, -0.15) is 0 Å². The molecule has 0 radical (unpaired) electrons. The molecule has 0 unspecified atom stereocenters. The second-order valence-electron chi connectivity index (χ2n) is 5.94. The summed E-state index contributed by atoms with van der Waals surface area (Å²) in [4.78, 5) is 29.5. The highest BCUT2D eigenvalue weighted by molar-refractivity contribution is 8.00. The molecule has 1 atom stereocenters. The van der Waals surface area contributed by atoms with E-state index in [9.17, 15) is 9.59 Å². The molecule has 1 N–H and O–H groups in total. The minimum Gasteiger partial charge on any atom is -0.353 e. The summed E-state index contributed by atoms with van der Waals surface area (Å²) in [5, 5.41) is 4.15. The molecule has 0 fully saturated rings. The first-order chi connectivity index (χ1) is 11.3. The number of benzene rings is 1. The van der Waals surface area contributed by atoms with Gasteiger partial charge in [0.15, 0.2) is 5.16 Å². The number of nitrogens with zero attached hydrogens (tertiary/aromatic N) is 2. The molecular formula is C17H22ClN3O2S. The average molecular weight is 368 g/mol. The molecule has 0 saturated carbocycles. The third-order valence-corrected chi connectivity index (χ3v) is 4.74. The Morgan fingerprint density at radius 1 is 1.38 bits per heavy atom. The third kappa shape index (κ3) is 4.30.